The molecule has 10 aromatic carbocycles. The van der Waals surface area contributed by atoms with Crippen LogP contribution in [0.5, 0.6) is 0 Å². The third-order valence-corrected chi connectivity index (χ3v) is 12.5. The summed E-state index contributed by atoms with van der Waals surface area (Å²) in [6.45, 7) is 0. The fraction of sp³-hybridized carbons (Fsp3) is 0. The van der Waals surface area contributed by atoms with Gasteiger partial charge in [-0.1, -0.05) is 188 Å². The van der Waals surface area contributed by atoms with Gasteiger partial charge in [0.15, 0.2) is 11.6 Å². The third-order valence-electron chi connectivity index (χ3n) is 12.5. The largest absolute Gasteiger partial charge is 0.309 e. The highest BCUT2D eigenvalue weighted by molar-refractivity contribution is 6.44. The minimum atomic E-state index is 0.566. The van der Waals surface area contributed by atoms with E-state index in [0.29, 0.717) is 17.6 Å². The summed E-state index contributed by atoms with van der Waals surface area (Å²) in [6, 6.07) is 75.5. The molecule has 0 radical (unpaired) electrons. The molecule has 0 amide bonds. The lowest BCUT2D eigenvalue weighted by Crippen LogP contribution is -2.07. The van der Waals surface area contributed by atoms with Crippen LogP contribution in [-0.2, 0) is 0 Å². The number of para-hydroxylation sites is 3. The van der Waals surface area contributed by atoms with Gasteiger partial charge in [0.2, 0.25) is 5.95 Å². The molecule has 0 bridgehead atoms. The zero-order valence-electron chi connectivity index (χ0n) is 33.4. The summed E-state index contributed by atoms with van der Waals surface area (Å²) >= 11 is 0. The molecule has 0 atom stereocenters. The van der Waals surface area contributed by atoms with Crippen molar-refractivity contribution in [1.82, 2.24) is 24.1 Å². The molecular formula is C57H35N5. The Hall–Kier alpha value is -8.41. The summed E-state index contributed by atoms with van der Waals surface area (Å²) in [7, 11) is 0. The van der Waals surface area contributed by atoms with Crippen LogP contribution in [0.3, 0.4) is 0 Å². The number of benzene rings is 10. The monoisotopic (exact) mass is 789 g/mol. The Kier molecular flexibility index (Phi) is 7.54. The molecule has 0 spiro atoms. The molecule has 0 aliphatic carbocycles. The summed E-state index contributed by atoms with van der Waals surface area (Å²) in [5.41, 5.74) is 9.71. The van der Waals surface area contributed by atoms with E-state index in [1.807, 2.05) is 24.3 Å². The van der Waals surface area contributed by atoms with Crippen LogP contribution >= 0.6 is 0 Å². The molecule has 62 heavy (non-hydrogen) atoms. The van der Waals surface area contributed by atoms with Crippen molar-refractivity contribution >= 4 is 75.9 Å². The topological polar surface area (TPSA) is 48.5 Å². The van der Waals surface area contributed by atoms with E-state index >= 15 is 0 Å². The first-order valence-corrected chi connectivity index (χ1v) is 21.0. The minimum absolute atomic E-state index is 0.566. The summed E-state index contributed by atoms with van der Waals surface area (Å²) < 4.78 is 4.78. The zero-order valence-corrected chi connectivity index (χ0v) is 33.4. The first-order chi connectivity index (χ1) is 30.8. The number of hydrogen-bond donors (Lipinski definition) is 0. The van der Waals surface area contributed by atoms with Gasteiger partial charge in [0.25, 0.3) is 0 Å². The average Bonchev–Trinajstić information content (AvgIpc) is 3.89. The number of fused-ring (bicyclic) bond motifs is 15. The Labute approximate surface area is 356 Å². The molecule has 0 N–H and O–H groups in total. The van der Waals surface area contributed by atoms with Crippen molar-refractivity contribution in [2.45, 2.75) is 0 Å². The maximum atomic E-state index is 5.44. The van der Waals surface area contributed by atoms with Gasteiger partial charge in [-0.25, -0.2) is 4.98 Å². The van der Waals surface area contributed by atoms with Crippen molar-refractivity contribution in [3.8, 4) is 45.5 Å². The van der Waals surface area contributed by atoms with Gasteiger partial charge >= 0.3 is 0 Å². The molecule has 3 heterocycles. The normalized spacial score (nSPS) is 11.9. The van der Waals surface area contributed by atoms with E-state index in [9.17, 15) is 0 Å². The first-order valence-electron chi connectivity index (χ1n) is 21.0. The van der Waals surface area contributed by atoms with Gasteiger partial charge in [-0.05, 0) is 56.9 Å². The van der Waals surface area contributed by atoms with E-state index in [1.165, 1.54) is 54.1 Å². The predicted octanol–water partition coefficient (Wildman–Crippen LogP) is 14.5. The van der Waals surface area contributed by atoms with Gasteiger partial charge in [0.05, 0.1) is 22.1 Å². The van der Waals surface area contributed by atoms with Gasteiger partial charge in [-0.15, -0.1) is 0 Å². The molecular weight excluding hydrogens is 755 g/mol. The molecule has 13 rings (SSSR count). The summed E-state index contributed by atoms with van der Waals surface area (Å²) in [4.78, 5) is 16.0. The Morgan fingerprint density at radius 3 is 1.15 bits per heavy atom. The molecule has 13 aromatic rings. The van der Waals surface area contributed by atoms with E-state index in [4.69, 9.17) is 15.0 Å². The molecule has 0 unspecified atom stereocenters. The highest BCUT2D eigenvalue weighted by Crippen LogP contribution is 2.50. The van der Waals surface area contributed by atoms with Gasteiger partial charge in [-0.2, -0.15) is 9.97 Å². The number of nitrogens with zero attached hydrogens (tertiary/aromatic N) is 5. The van der Waals surface area contributed by atoms with E-state index in [2.05, 4.69) is 197 Å². The summed E-state index contributed by atoms with van der Waals surface area (Å²) in [5.74, 6) is 1.79. The van der Waals surface area contributed by atoms with Crippen LogP contribution < -0.4 is 0 Å². The Bertz CT molecular complexity index is 3890. The minimum Gasteiger partial charge on any atom is -0.309 e. The number of rotatable bonds is 5. The second kappa shape index (κ2) is 13.6. The van der Waals surface area contributed by atoms with E-state index in [0.717, 1.165) is 49.7 Å². The SMILES string of the molecule is c1ccc(-c2ccc(-c3nc(-c4ccccc4)nc(-n4c5ccccc5c5c6ccccc6c6c(c7ccccc7c7c8ccccc8n(-c8ccccc8)c76)c54)n3)cc2)cc1. The predicted molar refractivity (Wildman–Crippen MR) is 257 cm³/mol. The number of aromatic nitrogens is 5. The lowest BCUT2D eigenvalue weighted by atomic mass is 9.90. The Morgan fingerprint density at radius 2 is 0.613 bits per heavy atom. The van der Waals surface area contributed by atoms with Crippen molar-refractivity contribution in [3.63, 3.8) is 0 Å². The van der Waals surface area contributed by atoms with Crippen molar-refractivity contribution in [2.75, 3.05) is 0 Å². The van der Waals surface area contributed by atoms with E-state index in [1.54, 1.807) is 0 Å². The zero-order chi connectivity index (χ0) is 40.7. The van der Waals surface area contributed by atoms with Gasteiger partial charge < -0.3 is 4.57 Å². The molecule has 3 aromatic heterocycles. The van der Waals surface area contributed by atoms with Crippen LogP contribution in [-0.4, -0.2) is 24.1 Å². The second-order valence-corrected chi connectivity index (χ2v) is 15.9. The van der Waals surface area contributed by atoms with Gasteiger partial charge in [0, 0.05) is 49.1 Å². The highest BCUT2D eigenvalue weighted by atomic mass is 15.2. The third kappa shape index (κ3) is 5.06. The maximum Gasteiger partial charge on any atom is 0.238 e. The van der Waals surface area contributed by atoms with Crippen LogP contribution in [0.1, 0.15) is 0 Å². The van der Waals surface area contributed by atoms with Crippen molar-refractivity contribution in [2.24, 2.45) is 0 Å². The van der Waals surface area contributed by atoms with E-state index in [-0.39, 0.29) is 0 Å². The average molecular weight is 790 g/mol. The van der Waals surface area contributed by atoms with Crippen LogP contribution in [0.25, 0.3) is 121 Å². The second-order valence-electron chi connectivity index (χ2n) is 15.9. The fourth-order valence-electron chi connectivity index (χ4n) is 9.90. The summed E-state index contributed by atoms with van der Waals surface area (Å²) in [5, 5.41) is 11.9. The first kappa shape index (κ1) is 34.5. The highest BCUT2D eigenvalue weighted by Gasteiger charge is 2.27. The molecule has 288 valence electrons. The molecule has 5 nitrogen and oxygen atoms in total. The lowest BCUT2D eigenvalue weighted by Gasteiger charge is -2.17. The molecule has 0 aliphatic heterocycles. The van der Waals surface area contributed by atoms with Crippen molar-refractivity contribution in [3.05, 3.63) is 212 Å². The van der Waals surface area contributed by atoms with Gasteiger partial charge in [0.1, 0.15) is 0 Å². The molecule has 0 fully saturated rings. The lowest BCUT2D eigenvalue weighted by molar-refractivity contribution is 0.955. The summed E-state index contributed by atoms with van der Waals surface area (Å²) in [6.07, 6.45) is 0. The maximum absolute atomic E-state index is 5.44. The van der Waals surface area contributed by atoms with Crippen molar-refractivity contribution in [1.29, 1.82) is 0 Å². The van der Waals surface area contributed by atoms with Crippen molar-refractivity contribution < 1.29 is 0 Å². The number of hydrogen-bond acceptors (Lipinski definition) is 3. The quantitative estimate of drug-likeness (QED) is 0.163. The molecule has 0 saturated carbocycles. The molecule has 0 aliphatic rings. The van der Waals surface area contributed by atoms with E-state index < -0.39 is 0 Å². The standard InChI is InChI=1S/C57H35N5/c1-4-18-36(19-5-1)37-32-34-39(35-33-37)56-58-55(38-20-6-2-7-21-38)59-57(60-56)62-48-31-17-15-29-46(48)50-42-25-11-12-26-43(42)51-52(54(50)62)44-27-13-10-24-41(44)49-45-28-14-16-30-47(45)61(53(49)51)40-22-8-3-9-23-40/h1-35H. The molecule has 5 heteroatoms. The fourth-order valence-corrected chi connectivity index (χ4v) is 9.90. The smallest absolute Gasteiger partial charge is 0.238 e. The van der Waals surface area contributed by atoms with Gasteiger partial charge in [-0.3, -0.25) is 4.57 Å². The molecule has 0 saturated heterocycles. The van der Waals surface area contributed by atoms with Crippen LogP contribution in [0.4, 0.5) is 0 Å². The Balaban J connectivity index is 1.23. The van der Waals surface area contributed by atoms with Crippen LogP contribution in [0.15, 0.2) is 212 Å². The van der Waals surface area contributed by atoms with Crippen LogP contribution in [0.2, 0.25) is 0 Å². The Morgan fingerprint density at radius 1 is 0.258 bits per heavy atom. The van der Waals surface area contributed by atoms with Crippen LogP contribution in [0, 0.1) is 0 Å².